The highest BCUT2D eigenvalue weighted by molar-refractivity contribution is 5.71. The molecular weight excluding hydrogens is 1150 g/mol. The first-order valence-corrected chi connectivity index (χ1v) is 40.0. The van der Waals surface area contributed by atoms with Crippen LogP contribution in [0.5, 0.6) is 0 Å². The quantitative estimate of drug-likeness (QED) is 0.0349. The van der Waals surface area contributed by atoms with Gasteiger partial charge < -0.3 is 33.5 Å². The fourth-order valence-electron chi connectivity index (χ4n) is 12.2. The Bertz CT molecular complexity index is 1470. The molecule has 0 rings (SSSR count). The zero-order valence-electron chi connectivity index (χ0n) is 61.5. The van der Waals surface area contributed by atoms with Gasteiger partial charge in [0.25, 0.3) is 0 Å². The summed E-state index contributed by atoms with van der Waals surface area (Å²) in [4.78, 5) is 67.7. The normalized spacial score (nSPS) is 11.8. The fraction of sp³-hybridized carbons (Fsp3) is 0.938. The lowest BCUT2D eigenvalue weighted by Crippen LogP contribution is -2.46. The van der Waals surface area contributed by atoms with E-state index in [1.165, 1.54) is 225 Å². The van der Waals surface area contributed by atoms with Gasteiger partial charge in [-0.05, 0) is 32.1 Å². The third-order valence-corrected chi connectivity index (χ3v) is 18.8. The average Bonchev–Trinajstić information content (AvgIpc) is 3.39. The minimum Gasteiger partial charge on any atom is -0.465 e. The maximum atomic E-state index is 13.6. The molecule has 0 aromatic rings. The number of esters is 5. The predicted molar refractivity (Wildman–Crippen MR) is 383 cm³/mol. The topological polar surface area (TPSA) is 161 Å². The Morgan fingerprint density at radius 3 is 0.511 bits per heavy atom. The molecule has 0 heterocycles. The molecule has 0 saturated heterocycles. The SMILES string of the molecule is CCCCCCCCCCCCCC(=O)OCC(CO)(COCC(COC(=O)CCCCCCCCCCCCC)(COC(=O)CCCCCCCCCCCCC)COC(=O)CCCCCCCCCCCCC)COC(=O)CCCCCCCCCCCCC. The maximum absolute atomic E-state index is 13.6. The molecule has 0 unspecified atom stereocenters. The summed E-state index contributed by atoms with van der Waals surface area (Å²) in [5.41, 5.74) is -2.65. The lowest BCUT2D eigenvalue weighted by Gasteiger charge is -2.35. The standard InChI is InChI=1S/C80H152O12/c1-6-11-16-21-26-31-36-41-46-51-56-61-74(82)88-69-79(66-81,70-89-75(83)62-57-52-47-42-37-32-27-22-17-12-7-2)67-87-68-80(71-90-76(84)63-58-53-48-43-38-33-28-23-18-13-8-3,72-91-77(85)64-59-54-49-44-39-34-29-24-19-14-9-4)73-92-78(86)65-60-55-50-45-40-35-30-25-20-15-10-5/h81H,6-73H2,1-5H3. The molecule has 12 nitrogen and oxygen atoms in total. The smallest absolute Gasteiger partial charge is 0.305 e. The summed E-state index contributed by atoms with van der Waals surface area (Å²) in [6.07, 6.45) is 64.8. The number of carbonyl (C=O) groups is 5. The first-order chi connectivity index (χ1) is 45.0. The van der Waals surface area contributed by atoms with Crippen molar-refractivity contribution in [3.8, 4) is 0 Å². The van der Waals surface area contributed by atoms with Crippen molar-refractivity contribution in [3.63, 3.8) is 0 Å². The number of hydrogen-bond donors (Lipinski definition) is 1. The van der Waals surface area contributed by atoms with Crippen LogP contribution in [-0.2, 0) is 52.4 Å². The van der Waals surface area contributed by atoms with Crippen LogP contribution >= 0.6 is 0 Å². The Kier molecular flexibility index (Phi) is 67.5. The molecule has 544 valence electrons. The van der Waals surface area contributed by atoms with E-state index in [2.05, 4.69) is 34.6 Å². The second kappa shape index (κ2) is 69.6. The van der Waals surface area contributed by atoms with Crippen LogP contribution in [0.25, 0.3) is 0 Å². The van der Waals surface area contributed by atoms with Gasteiger partial charge in [0.1, 0.15) is 33.0 Å². The van der Waals surface area contributed by atoms with Crippen molar-refractivity contribution in [1.29, 1.82) is 0 Å². The van der Waals surface area contributed by atoms with Crippen LogP contribution in [0.3, 0.4) is 0 Å². The molecule has 0 aromatic heterocycles. The number of hydrogen-bond acceptors (Lipinski definition) is 12. The van der Waals surface area contributed by atoms with E-state index in [1.807, 2.05) is 0 Å². The fourth-order valence-corrected chi connectivity index (χ4v) is 12.2. The second-order valence-corrected chi connectivity index (χ2v) is 28.4. The average molecular weight is 1310 g/mol. The van der Waals surface area contributed by atoms with Crippen LogP contribution in [0, 0.1) is 10.8 Å². The van der Waals surface area contributed by atoms with E-state index < -0.39 is 17.4 Å². The molecule has 0 amide bonds. The molecule has 0 aliphatic carbocycles. The van der Waals surface area contributed by atoms with Crippen molar-refractivity contribution in [2.75, 3.05) is 52.9 Å². The minimum atomic E-state index is -1.34. The van der Waals surface area contributed by atoms with Gasteiger partial charge >= 0.3 is 29.8 Å². The van der Waals surface area contributed by atoms with Gasteiger partial charge in [-0.3, -0.25) is 24.0 Å². The van der Waals surface area contributed by atoms with E-state index in [9.17, 15) is 29.1 Å². The number of ether oxygens (including phenoxy) is 6. The summed E-state index contributed by atoms with van der Waals surface area (Å²) in [5.74, 6) is -1.93. The molecule has 0 aliphatic heterocycles. The van der Waals surface area contributed by atoms with Crippen molar-refractivity contribution in [2.24, 2.45) is 10.8 Å². The highest BCUT2D eigenvalue weighted by Crippen LogP contribution is 2.28. The van der Waals surface area contributed by atoms with Crippen molar-refractivity contribution >= 4 is 29.8 Å². The summed E-state index contributed by atoms with van der Waals surface area (Å²) in [6, 6.07) is 0. The third-order valence-electron chi connectivity index (χ3n) is 18.8. The molecule has 0 aromatic carbocycles. The zero-order valence-corrected chi connectivity index (χ0v) is 61.5. The first kappa shape index (κ1) is 89.3. The lowest BCUT2D eigenvalue weighted by molar-refractivity contribution is -0.172. The Morgan fingerprint density at radius 1 is 0.207 bits per heavy atom. The Hall–Kier alpha value is -2.73. The van der Waals surface area contributed by atoms with Crippen LogP contribution in [0.4, 0.5) is 0 Å². The summed E-state index contributed by atoms with van der Waals surface area (Å²) >= 11 is 0. The van der Waals surface area contributed by atoms with Gasteiger partial charge in [-0.15, -0.1) is 0 Å². The molecule has 0 bridgehead atoms. The molecule has 0 radical (unpaired) electrons. The van der Waals surface area contributed by atoms with Crippen LogP contribution in [-0.4, -0.2) is 87.8 Å². The summed E-state index contributed by atoms with van der Waals surface area (Å²) in [7, 11) is 0. The van der Waals surface area contributed by atoms with E-state index in [1.54, 1.807) is 0 Å². The number of carbonyl (C=O) groups excluding carboxylic acids is 5. The number of aliphatic hydroxyl groups excluding tert-OH is 1. The van der Waals surface area contributed by atoms with Crippen LogP contribution < -0.4 is 0 Å². The highest BCUT2D eigenvalue weighted by Gasteiger charge is 2.40. The monoisotopic (exact) mass is 1310 g/mol. The van der Waals surface area contributed by atoms with Gasteiger partial charge in [-0.2, -0.15) is 0 Å². The van der Waals surface area contributed by atoms with Gasteiger partial charge in [0, 0.05) is 32.1 Å². The van der Waals surface area contributed by atoms with E-state index in [-0.39, 0.29) is 108 Å². The lowest BCUT2D eigenvalue weighted by atomic mass is 9.90. The minimum absolute atomic E-state index is 0.197. The summed E-state index contributed by atoms with van der Waals surface area (Å²) < 4.78 is 36.6. The maximum Gasteiger partial charge on any atom is 0.305 e. The molecule has 12 heteroatoms. The van der Waals surface area contributed by atoms with E-state index >= 15 is 0 Å². The Balaban J connectivity index is 6.43. The molecule has 0 spiro atoms. The molecule has 0 aliphatic rings. The first-order valence-electron chi connectivity index (χ1n) is 40.0. The van der Waals surface area contributed by atoms with Gasteiger partial charge in [0.15, 0.2) is 0 Å². The van der Waals surface area contributed by atoms with Crippen molar-refractivity contribution in [1.82, 2.24) is 0 Å². The molecule has 0 saturated carbocycles. The molecule has 1 N–H and O–H groups in total. The van der Waals surface area contributed by atoms with E-state index in [0.717, 1.165) is 96.3 Å². The molecule has 92 heavy (non-hydrogen) atoms. The van der Waals surface area contributed by atoms with Crippen LogP contribution in [0.15, 0.2) is 0 Å². The molecular formula is C80H152O12. The summed E-state index contributed by atoms with van der Waals surface area (Å²) in [6.45, 7) is 9.05. The second-order valence-electron chi connectivity index (χ2n) is 28.4. The number of rotatable bonds is 75. The van der Waals surface area contributed by atoms with Crippen molar-refractivity contribution < 1.29 is 57.5 Å². The van der Waals surface area contributed by atoms with Gasteiger partial charge in [0.2, 0.25) is 0 Å². The van der Waals surface area contributed by atoms with Gasteiger partial charge in [0.05, 0.1) is 30.7 Å². The molecule has 0 atom stereocenters. The Labute approximate surface area is 568 Å². The van der Waals surface area contributed by atoms with Crippen LogP contribution in [0.1, 0.15) is 420 Å². The number of aliphatic hydroxyl groups is 1. The zero-order chi connectivity index (χ0) is 67.2. The predicted octanol–water partition coefficient (Wildman–Crippen LogP) is 23.2. The van der Waals surface area contributed by atoms with Crippen molar-refractivity contribution in [2.45, 2.75) is 420 Å². The largest absolute Gasteiger partial charge is 0.465 e. The summed E-state index contributed by atoms with van der Waals surface area (Å²) in [5, 5.41) is 11.3. The van der Waals surface area contributed by atoms with Gasteiger partial charge in [-0.25, -0.2) is 0 Å². The van der Waals surface area contributed by atoms with Crippen LogP contribution in [0.2, 0.25) is 0 Å². The molecule has 0 fully saturated rings. The number of unbranched alkanes of at least 4 members (excludes halogenated alkanes) is 50. The van der Waals surface area contributed by atoms with E-state index in [0.29, 0.717) is 32.1 Å². The van der Waals surface area contributed by atoms with E-state index in [4.69, 9.17) is 28.4 Å². The third kappa shape index (κ3) is 60.9. The highest BCUT2D eigenvalue weighted by atomic mass is 16.6. The Morgan fingerprint density at radius 2 is 0.348 bits per heavy atom. The van der Waals surface area contributed by atoms with Crippen molar-refractivity contribution in [3.05, 3.63) is 0 Å². The van der Waals surface area contributed by atoms with Gasteiger partial charge in [-0.1, -0.05) is 356 Å².